The summed E-state index contributed by atoms with van der Waals surface area (Å²) in [5.41, 5.74) is -0.354. The number of fused-ring (bicyclic) bond motifs is 1. The van der Waals surface area contributed by atoms with Gasteiger partial charge in [0.25, 0.3) is 0 Å². The highest BCUT2D eigenvalue weighted by Gasteiger charge is 2.74. The molecule has 10 nitrogen and oxygen atoms in total. The van der Waals surface area contributed by atoms with Crippen molar-refractivity contribution in [2.75, 3.05) is 26.3 Å². The molecule has 7 atom stereocenters. The summed E-state index contributed by atoms with van der Waals surface area (Å²) in [5.74, 6) is -2.82. The molecule has 2 bridgehead atoms. The highest BCUT2D eigenvalue weighted by atomic mass is 16.5. The maximum absolute atomic E-state index is 14.4. The van der Waals surface area contributed by atoms with Crippen molar-refractivity contribution in [3.63, 3.8) is 0 Å². The van der Waals surface area contributed by atoms with E-state index in [0.29, 0.717) is 38.6 Å². The molecule has 1 unspecified atom stereocenters. The van der Waals surface area contributed by atoms with Crippen molar-refractivity contribution in [3.05, 3.63) is 61.2 Å². The lowest BCUT2D eigenvalue weighted by Gasteiger charge is -2.39. The number of aliphatic hydroxyl groups is 1. The van der Waals surface area contributed by atoms with Crippen molar-refractivity contribution in [2.24, 2.45) is 11.8 Å². The smallest absolute Gasteiger partial charge is 0.306 e. The molecule has 3 heterocycles. The van der Waals surface area contributed by atoms with Crippen LogP contribution in [0.5, 0.6) is 0 Å². The van der Waals surface area contributed by atoms with E-state index in [1.807, 2.05) is 37.3 Å². The van der Waals surface area contributed by atoms with Crippen LogP contribution in [-0.2, 0) is 28.7 Å². The maximum atomic E-state index is 14.4. The summed E-state index contributed by atoms with van der Waals surface area (Å²) in [4.78, 5) is 58.5. The molecular formula is C35H49N3O7. The first-order valence-corrected chi connectivity index (χ1v) is 16.4. The fraction of sp³-hybridized carbons (Fsp3) is 0.600. The van der Waals surface area contributed by atoms with Crippen LogP contribution in [0.2, 0.25) is 0 Å². The molecule has 0 saturated carbocycles. The van der Waals surface area contributed by atoms with Gasteiger partial charge >= 0.3 is 5.97 Å². The summed E-state index contributed by atoms with van der Waals surface area (Å²) in [6.45, 7) is 12.1. The Hall–Kier alpha value is -3.50. The third-order valence-electron chi connectivity index (χ3n) is 9.47. The topological polar surface area (TPSA) is 125 Å². The Morgan fingerprint density at radius 2 is 1.98 bits per heavy atom. The summed E-state index contributed by atoms with van der Waals surface area (Å²) in [7, 11) is 0. The van der Waals surface area contributed by atoms with Gasteiger partial charge in [-0.05, 0) is 51.0 Å². The molecule has 45 heavy (non-hydrogen) atoms. The number of unbranched alkanes of at least 4 members (excludes halogenated alkanes) is 1. The second-order valence-electron chi connectivity index (χ2n) is 12.4. The van der Waals surface area contributed by atoms with Gasteiger partial charge in [0.2, 0.25) is 17.7 Å². The normalized spacial score (nSPS) is 26.2. The van der Waals surface area contributed by atoms with Gasteiger partial charge < -0.3 is 29.7 Å². The molecule has 3 aliphatic rings. The van der Waals surface area contributed by atoms with Crippen LogP contribution >= 0.6 is 0 Å². The van der Waals surface area contributed by atoms with Gasteiger partial charge in [0.1, 0.15) is 18.2 Å². The quantitative estimate of drug-likeness (QED) is 0.145. The van der Waals surface area contributed by atoms with Gasteiger partial charge in [-0.1, -0.05) is 55.8 Å². The molecule has 10 heteroatoms. The van der Waals surface area contributed by atoms with Gasteiger partial charge in [-0.3, -0.25) is 19.2 Å². The summed E-state index contributed by atoms with van der Waals surface area (Å²) in [5, 5.41) is 12.5. The summed E-state index contributed by atoms with van der Waals surface area (Å²) >= 11 is 0. The van der Waals surface area contributed by atoms with Crippen molar-refractivity contribution >= 4 is 23.7 Å². The second kappa shape index (κ2) is 15.7. The third-order valence-corrected chi connectivity index (χ3v) is 9.47. The lowest BCUT2D eigenvalue weighted by Crippen LogP contribution is -2.58. The van der Waals surface area contributed by atoms with Crippen molar-refractivity contribution in [1.29, 1.82) is 0 Å². The van der Waals surface area contributed by atoms with Crippen LogP contribution in [0.3, 0.4) is 0 Å². The average molecular weight is 624 g/mol. The van der Waals surface area contributed by atoms with Gasteiger partial charge in [0, 0.05) is 32.2 Å². The van der Waals surface area contributed by atoms with Crippen LogP contribution in [0, 0.1) is 11.8 Å². The first kappa shape index (κ1) is 34.4. The monoisotopic (exact) mass is 623 g/mol. The van der Waals surface area contributed by atoms with E-state index in [1.165, 1.54) is 0 Å². The lowest BCUT2D eigenvalue weighted by atomic mass is 9.70. The third kappa shape index (κ3) is 7.17. The van der Waals surface area contributed by atoms with Crippen LogP contribution in [0.25, 0.3) is 0 Å². The Bertz CT molecular complexity index is 1220. The maximum Gasteiger partial charge on any atom is 0.306 e. The van der Waals surface area contributed by atoms with E-state index in [1.54, 1.807) is 22.0 Å². The summed E-state index contributed by atoms with van der Waals surface area (Å²) in [6.07, 6.45) is 7.27. The zero-order valence-corrected chi connectivity index (χ0v) is 26.7. The van der Waals surface area contributed by atoms with Crippen LogP contribution in [0.15, 0.2) is 55.6 Å². The standard InChI is InChI=1S/C35H49N3O7/c1-5-8-17-28(40)44-23-26(25-15-10-9-11-16-25)36-32(41)29-27-18-19-35(45-27)30(29)33(42)38(21-12-13-22-39)31(35)34(43)37(20-7-3)24(4)14-6-2/h5,7,9-11,15-16,24,26-27,29-31,39H,1,3,6,8,12-14,17-23H2,2,4H3,(H,36,41)/t24?,26-,27-,29+,30+,31-,35+/m0/s1. The van der Waals surface area contributed by atoms with E-state index in [2.05, 4.69) is 25.4 Å². The lowest BCUT2D eigenvalue weighted by molar-refractivity contribution is -0.149. The zero-order chi connectivity index (χ0) is 32.6. The number of esters is 1. The molecule has 1 spiro atoms. The van der Waals surface area contributed by atoms with E-state index in [-0.39, 0.29) is 55.9 Å². The molecule has 2 N–H and O–H groups in total. The molecule has 0 radical (unpaired) electrons. The fourth-order valence-electron chi connectivity index (χ4n) is 7.37. The molecule has 1 aromatic carbocycles. The fourth-order valence-corrected chi connectivity index (χ4v) is 7.37. The number of nitrogens with zero attached hydrogens (tertiary/aromatic N) is 2. The molecule has 3 fully saturated rings. The minimum absolute atomic E-state index is 0.0199. The number of rotatable bonds is 18. The number of benzene rings is 1. The Labute approximate surface area is 266 Å². The summed E-state index contributed by atoms with van der Waals surface area (Å²) in [6, 6.07) is 7.70. The van der Waals surface area contributed by atoms with Crippen molar-refractivity contribution in [2.45, 2.75) is 95.0 Å². The molecule has 0 aliphatic carbocycles. The van der Waals surface area contributed by atoms with Crippen LogP contribution in [0.1, 0.15) is 76.8 Å². The number of amides is 3. The minimum atomic E-state index is -1.12. The van der Waals surface area contributed by atoms with Crippen LogP contribution < -0.4 is 5.32 Å². The van der Waals surface area contributed by atoms with Gasteiger partial charge in [-0.15, -0.1) is 13.2 Å². The predicted molar refractivity (Wildman–Crippen MR) is 170 cm³/mol. The van der Waals surface area contributed by atoms with E-state index in [0.717, 1.165) is 18.4 Å². The number of nitrogens with one attached hydrogen (secondary N) is 1. The number of hydrogen-bond acceptors (Lipinski definition) is 7. The molecule has 4 rings (SSSR count). The number of allylic oxidation sites excluding steroid dienone is 1. The van der Waals surface area contributed by atoms with E-state index >= 15 is 0 Å². The number of aliphatic hydroxyl groups excluding tert-OH is 1. The first-order chi connectivity index (χ1) is 21.7. The van der Waals surface area contributed by atoms with Crippen LogP contribution in [-0.4, -0.2) is 88.7 Å². The Morgan fingerprint density at radius 3 is 2.64 bits per heavy atom. The number of likely N-dealkylation sites (tertiary alicyclic amines) is 1. The van der Waals surface area contributed by atoms with Crippen molar-refractivity contribution in [3.8, 4) is 0 Å². The molecule has 0 aromatic heterocycles. The summed E-state index contributed by atoms with van der Waals surface area (Å²) < 4.78 is 12.1. The molecule has 246 valence electrons. The second-order valence-corrected chi connectivity index (χ2v) is 12.4. The van der Waals surface area contributed by atoms with Crippen molar-refractivity contribution < 1.29 is 33.8 Å². The molecule has 3 aliphatic heterocycles. The molecule has 3 amide bonds. The molecule has 1 aromatic rings. The molecule has 3 saturated heterocycles. The predicted octanol–water partition coefficient (Wildman–Crippen LogP) is 3.70. The van der Waals surface area contributed by atoms with Gasteiger partial charge in [0.05, 0.1) is 24.0 Å². The van der Waals surface area contributed by atoms with Gasteiger partial charge in [-0.25, -0.2) is 0 Å². The van der Waals surface area contributed by atoms with E-state index < -0.39 is 35.6 Å². The van der Waals surface area contributed by atoms with E-state index in [4.69, 9.17) is 9.47 Å². The van der Waals surface area contributed by atoms with Crippen molar-refractivity contribution in [1.82, 2.24) is 15.1 Å². The largest absolute Gasteiger partial charge is 0.463 e. The highest BCUT2D eigenvalue weighted by Crippen LogP contribution is 2.58. The Kier molecular flexibility index (Phi) is 12.0. The number of ether oxygens (including phenoxy) is 2. The van der Waals surface area contributed by atoms with E-state index in [9.17, 15) is 24.3 Å². The number of carbonyl (C=O) groups excluding carboxylic acids is 4. The molecular weight excluding hydrogens is 574 g/mol. The first-order valence-electron chi connectivity index (χ1n) is 16.4. The SMILES string of the molecule is C=CCCC(=O)OC[C@H](NC(=O)[C@@H]1[C@@H]2CC[C@]3(O2)[C@H](C(=O)N(CC=C)C(C)CCC)N(CCCCO)C(=O)[C@@H]13)c1ccccc1. The van der Waals surface area contributed by atoms with Crippen LogP contribution in [0.4, 0.5) is 0 Å². The Morgan fingerprint density at radius 1 is 1.22 bits per heavy atom. The van der Waals surface area contributed by atoms with Gasteiger partial charge in [-0.2, -0.15) is 0 Å². The number of hydrogen-bond donors (Lipinski definition) is 2. The number of carbonyl (C=O) groups is 4. The minimum Gasteiger partial charge on any atom is -0.463 e. The Balaban J connectivity index is 1.63. The highest BCUT2D eigenvalue weighted by molar-refractivity contribution is 5.99. The van der Waals surface area contributed by atoms with Gasteiger partial charge in [0.15, 0.2) is 0 Å². The zero-order valence-electron chi connectivity index (χ0n) is 26.7. The average Bonchev–Trinajstić information content (AvgIpc) is 3.68.